The van der Waals surface area contributed by atoms with Crippen molar-refractivity contribution < 1.29 is 4.52 Å². The van der Waals surface area contributed by atoms with Gasteiger partial charge >= 0.3 is 0 Å². The summed E-state index contributed by atoms with van der Waals surface area (Å²) in [7, 11) is 0. The first-order chi connectivity index (χ1) is 11.8. The molecule has 3 heterocycles. The molecule has 0 bridgehead atoms. The zero-order chi connectivity index (χ0) is 16.4. The van der Waals surface area contributed by atoms with Gasteiger partial charge in [0.1, 0.15) is 0 Å². The van der Waals surface area contributed by atoms with Gasteiger partial charge in [0.2, 0.25) is 5.89 Å². The first kappa shape index (κ1) is 15.1. The number of nitrogens with zero attached hydrogens (tertiary/aromatic N) is 5. The molecule has 24 heavy (non-hydrogen) atoms. The second-order valence-corrected chi connectivity index (χ2v) is 6.24. The number of aryl methyl sites for hydroxylation is 1. The highest BCUT2D eigenvalue weighted by molar-refractivity contribution is 5.40. The number of aromatic nitrogens is 4. The summed E-state index contributed by atoms with van der Waals surface area (Å²) in [6.07, 6.45) is 7.25. The van der Waals surface area contributed by atoms with E-state index in [4.69, 9.17) is 4.52 Å². The molecule has 4 rings (SSSR count). The molecule has 6 heteroatoms. The lowest BCUT2D eigenvalue weighted by molar-refractivity contribution is 0.111. The van der Waals surface area contributed by atoms with Crippen LogP contribution in [-0.4, -0.2) is 31.4 Å². The quantitative estimate of drug-likeness (QED) is 0.737. The molecule has 0 amide bonds. The van der Waals surface area contributed by atoms with E-state index in [1.54, 1.807) is 0 Å². The first-order valence-corrected chi connectivity index (χ1v) is 8.43. The lowest BCUT2D eigenvalue weighted by Crippen LogP contribution is -2.33. The fourth-order valence-corrected chi connectivity index (χ4v) is 3.41. The van der Waals surface area contributed by atoms with Crippen LogP contribution in [0.2, 0.25) is 0 Å². The standard InChI is InChI=1S/C18H21N5O/c1-14-20-18(24-21-14)17-9-4-5-11-22(17)13-15-7-2-3-8-16(15)23-12-6-10-19-23/h2-3,6-8,10,12,17H,4-5,9,11,13H2,1H3/t17-/m1/s1. The minimum absolute atomic E-state index is 0.200. The third-order valence-corrected chi connectivity index (χ3v) is 4.56. The topological polar surface area (TPSA) is 60.0 Å². The summed E-state index contributed by atoms with van der Waals surface area (Å²) in [5.74, 6) is 1.44. The number of piperidine rings is 1. The van der Waals surface area contributed by atoms with Crippen molar-refractivity contribution in [3.63, 3.8) is 0 Å². The van der Waals surface area contributed by atoms with E-state index < -0.39 is 0 Å². The molecule has 0 aliphatic carbocycles. The van der Waals surface area contributed by atoms with E-state index in [1.807, 2.05) is 30.1 Å². The van der Waals surface area contributed by atoms with E-state index in [0.717, 1.165) is 31.1 Å². The average Bonchev–Trinajstić information content (AvgIpc) is 3.28. The lowest BCUT2D eigenvalue weighted by atomic mass is 10.0. The molecule has 0 saturated carbocycles. The van der Waals surface area contributed by atoms with Crippen LogP contribution in [0.1, 0.15) is 42.6 Å². The Morgan fingerprint density at radius 3 is 2.92 bits per heavy atom. The Bertz CT molecular complexity index is 795. The lowest BCUT2D eigenvalue weighted by Gasteiger charge is -2.33. The Kier molecular flexibility index (Phi) is 4.13. The van der Waals surface area contributed by atoms with Gasteiger partial charge in [0.15, 0.2) is 5.82 Å². The molecule has 1 fully saturated rings. The molecule has 6 nitrogen and oxygen atoms in total. The highest BCUT2D eigenvalue weighted by atomic mass is 16.5. The van der Waals surface area contributed by atoms with E-state index in [0.29, 0.717) is 5.82 Å². The van der Waals surface area contributed by atoms with Crippen LogP contribution < -0.4 is 0 Å². The molecule has 0 unspecified atom stereocenters. The maximum Gasteiger partial charge on any atom is 0.243 e. The second kappa shape index (κ2) is 6.57. The summed E-state index contributed by atoms with van der Waals surface area (Å²) in [6, 6.07) is 10.6. The minimum atomic E-state index is 0.200. The van der Waals surface area contributed by atoms with Crippen LogP contribution in [0.15, 0.2) is 47.2 Å². The van der Waals surface area contributed by atoms with E-state index >= 15 is 0 Å². The van der Waals surface area contributed by atoms with E-state index in [1.165, 1.54) is 18.4 Å². The van der Waals surface area contributed by atoms with Gasteiger partial charge < -0.3 is 4.52 Å². The second-order valence-electron chi connectivity index (χ2n) is 6.24. The van der Waals surface area contributed by atoms with Gasteiger partial charge in [-0.25, -0.2) is 4.68 Å². The van der Waals surface area contributed by atoms with Gasteiger partial charge in [-0.2, -0.15) is 10.1 Å². The van der Waals surface area contributed by atoms with Gasteiger partial charge in [0.05, 0.1) is 11.7 Å². The molecule has 1 aliphatic heterocycles. The number of likely N-dealkylation sites (tertiary alicyclic amines) is 1. The zero-order valence-electron chi connectivity index (χ0n) is 13.8. The summed E-state index contributed by atoms with van der Waals surface area (Å²) >= 11 is 0. The smallest absolute Gasteiger partial charge is 0.243 e. The van der Waals surface area contributed by atoms with Gasteiger partial charge in [-0.05, 0) is 44.0 Å². The summed E-state index contributed by atoms with van der Waals surface area (Å²) < 4.78 is 7.38. The van der Waals surface area contributed by atoms with Crippen molar-refractivity contribution in [1.29, 1.82) is 0 Å². The van der Waals surface area contributed by atoms with Crippen LogP contribution in [0.25, 0.3) is 5.69 Å². The highest BCUT2D eigenvalue weighted by Crippen LogP contribution is 2.32. The molecule has 1 saturated heterocycles. The van der Waals surface area contributed by atoms with E-state index in [9.17, 15) is 0 Å². The normalized spacial score (nSPS) is 18.8. The maximum absolute atomic E-state index is 5.45. The fraction of sp³-hybridized carbons (Fsp3) is 0.389. The van der Waals surface area contributed by atoms with Crippen molar-refractivity contribution in [1.82, 2.24) is 24.8 Å². The largest absolute Gasteiger partial charge is 0.338 e. The summed E-state index contributed by atoms with van der Waals surface area (Å²) in [6.45, 7) is 3.76. The van der Waals surface area contributed by atoms with Crippen LogP contribution in [0.5, 0.6) is 0 Å². The van der Waals surface area contributed by atoms with Crippen LogP contribution >= 0.6 is 0 Å². The fourth-order valence-electron chi connectivity index (χ4n) is 3.41. The maximum atomic E-state index is 5.45. The van der Waals surface area contributed by atoms with Crippen LogP contribution in [0.3, 0.4) is 0 Å². The van der Waals surface area contributed by atoms with Crippen molar-refractivity contribution in [2.75, 3.05) is 6.54 Å². The Morgan fingerprint density at radius 1 is 1.21 bits per heavy atom. The van der Waals surface area contributed by atoms with Crippen molar-refractivity contribution >= 4 is 0 Å². The predicted octanol–water partition coefficient (Wildman–Crippen LogP) is 3.29. The Labute approximate surface area is 141 Å². The van der Waals surface area contributed by atoms with Crippen molar-refractivity contribution in [3.05, 3.63) is 60.0 Å². The van der Waals surface area contributed by atoms with Gasteiger partial charge in [-0.15, -0.1) is 0 Å². The number of benzene rings is 1. The van der Waals surface area contributed by atoms with Crippen LogP contribution in [-0.2, 0) is 6.54 Å². The molecule has 2 aromatic heterocycles. The highest BCUT2D eigenvalue weighted by Gasteiger charge is 2.29. The average molecular weight is 323 g/mol. The van der Waals surface area contributed by atoms with Crippen molar-refractivity contribution in [2.24, 2.45) is 0 Å². The summed E-state index contributed by atoms with van der Waals surface area (Å²) in [5.41, 5.74) is 2.37. The van der Waals surface area contributed by atoms with Gasteiger partial charge in [-0.3, -0.25) is 4.90 Å². The number of hydrogen-bond acceptors (Lipinski definition) is 5. The first-order valence-electron chi connectivity index (χ1n) is 8.43. The molecule has 0 radical (unpaired) electrons. The zero-order valence-corrected chi connectivity index (χ0v) is 13.8. The minimum Gasteiger partial charge on any atom is -0.338 e. The van der Waals surface area contributed by atoms with Crippen molar-refractivity contribution in [3.8, 4) is 5.69 Å². The molecule has 1 aliphatic rings. The van der Waals surface area contributed by atoms with Gasteiger partial charge in [0.25, 0.3) is 0 Å². The third-order valence-electron chi connectivity index (χ3n) is 4.56. The Balaban J connectivity index is 1.62. The molecule has 0 spiro atoms. The number of para-hydroxylation sites is 1. The Hall–Kier alpha value is -2.47. The monoisotopic (exact) mass is 323 g/mol. The van der Waals surface area contributed by atoms with Gasteiger partial charge in [-0.1, -0.05) is 29.8 Å². The molecule has 0 N–H and O–H groups in total. The third kappa shape index (κ3) is 2.97. The predicted molar refractivity (Wildman–Crippen MR) is 89.6 cm³/mol. The Morgan fingerprint density at radius 2 is 2.12 bits per heavy atom. The molecule has 124 valence electrons. The molecular formula is C18H21N5O. The SMILES string of the molecule is Cc1noc([C@H]2CCCCN2Cc2ccccc2-n2cccn2)n1. The molecular weight excluding hydrogens is 302 g/mol. The summed E-state index contributed by atoms with van der Waals surface area (Å²) in [4.78, 5) is 6.90. The number of hydrogen-bond donors (Lipinski definition) is 0. The van der Waals surface area contributed by atoms with Crippen LogP contribution in [0.4, 0.5) is 0 Å². The molecule has 3 aromatic rings. The molecule has 1 aromatic carbocycles. The van der Waals surface area contributed by atoms with Crippen LogP contribution in [0, 0.1) is 6.92 Å². The van der Waals surface area contributed by atoms with Gasteiger partial charge in [0, 0.05) is 18.9 Å². The van der Waals surface area contributed by atoms with E-state index in [2.05, 4.69) is 44.4 Å². The molecule has 1 atom stereocenters. The number of rotatable bonds is 4. The summed E-state index contributed by atoms with van der Waals surface area (Å²) in [5, 5.41) is 8.34. The van der Waals surface area contributed by atoms with E-state index in [-0.39, 0.29) is 6.04 Å². The van der Waals surface area contributed by atoms with Crippen molar-refractivity contribution in [2.45, 2.75) is 38.8 Å².